The maximum absolute atomic E-state index is 12.9. The highest BCUT2D eigenvalue weighted by Gasteiger charge is 2.27. The van der Waals surface area contributed by atoms with Crippen LogP contribution in [0, 0.1) is 10.1 Å². The minimum atomic E-state index is -4.22. The number of amides is 1. The molecule has 1 saturated heterocycles. The second-order valence-corrected chi connectivity index (χ2v) is 12.2. The van der Waals surface area contributed by atoms with Crippen molar-refractivity contribution in [3.63, 3.8) is 0 Å². The fraction of sp³-hybridized carbons (Fsp3) is 0.174. The van der Waals surface area contributed by atoms with Gasteiger partial charge in [0.15, 0.2) is 0 Å². The van der Waals surface area contributed by atoms with E-state index in [1.54, 1.807) is 0 Å². The molecule has 0 atom stereocenters. The van der Waals surface area contributed by atoms with Gasteiger partial charge in [-0.25, -0.2) is 16.8 Å². The number of nitrogens with one attached hydrogen (secondary N) is 2. The zero-order valence-electron chi connectivity index (χ0n) is 19.9. The first-order chi connectivity index (χ1) is 18.4. The minimum absolute atomic E-state index is 0.0607. The van der Waals surface area contributed by atoms with Crippen LogP contribution in [0.4, 0.5) is 17.1 Å². The lowest BCUT2D eigenvalue weighted by molar-refractivity contribution is -0.384. The molecule has 0 spiro atoms. The number of carbonyl (C=O) groups is 1. The van der Waals surface area contributed by atoms with Gasteiger partial charge in [-0.1, -0.05) is 11.6 Å². The molecule has 206 valence electrons. The quantitative estimate of drug-likeness (QED) is 0.200. The summed E-state index contributed by atoms with van der Waals surface area (Å²) < 4.78 is 59.8. The topological polar surface area (TPSA) is 185 Å². The highest BCUT2D eigenvalue weighted by molar-refractivity contribution is 7.92. The Kier molecular flexibility index (Phi) is 8.08. The molecule has 0 saturated carbocycles. The predicted octanol–water partition coefficient (Wildman–Crippen LogP) is 3.03. The number of hydrogen-bond donors (Lipinski definition) is 3. The lowest BCUT2D eigenvalue weighted by Crippen LogP contribution is -2.40. The lowest BCUT2D eigenvalue weighted by atomic mass is 10.2. The molecule has 1 heterocycles. The monoisotopic (exact) mass is 596 g/mol. The van der Waals surface area contributed by atoms with Crippen molar-refractivity contribution in [3.05, 3.63) is 81.4 Å². The molecule has 3 aromatic carbocycles. The zero-order valence-corrected chi connectivity index (χ0v) is 22.3. The summed E-state index contributed by atoms with van der Waals surface area (Å²) in [7, 11) is -8.09. The number of anilines is 2. The molecule has 0 radical (unpaired) electrons. The molecule has 4 rings (SSSR count). The van der Waals surface area contributed by atoms with Crippen molar-refractivity contribution in [2.45, 2.75) is 9.79 Å². The smallest absolute Gasteiger partial charge is 0.289 e. The third-order valence-corrected chi connectivity index (χ3v) is 9.24. The van der Waals surface area contributed by atoms with E-state index in [4.69, 9.17) is 16.3 Å². The Morgan fingerprint density at radius 1 is 0.974 bits per heavy atom. The Bertz CT molecular complexity index is 1640. The van der Waals surface area contributed by atoms with Crippen molar-refractivity contribution >= 4 is 54.6 Å². The van der Waals surface area contributed by atoms with Crippen LogP contribution in [0.1, 0.15) is 10.4 Å². The average molecular weight is 597 g/mol. The number of ether oxygens (including phenoxy) is 1. The van der Waals surface area contributed by atoms with Crippen LogP contribution >= 0.6 is 11.6 Å². The summed E-state index contributed by atoms with van der Waals surface area (Å²) in [5.74, 6) is -1.06. The molecule has 0 aromatic heterocycles. The summed E-state index contributed by atoms with van der Waals surface area (Å²) >= 11 is 5.74. The van der Waals surface area contributed by atoms with Gasteiger partial charge < -0.3 is 15.2 Å². The number of phenolic OH excluding ortho intramolecular Hbond substituents is 1. The summed E-state index contributed by atoms with van der Waals surface area (Å²) in [4.78, 5) is 22.5. The highest BCUT2D eigenvalue weighted by Crippen LogP contribution is 2.30. The second-order valence-electron chi connectivity index (χ2n) is 8.20. The molecule has 0 aliphatic carbocycles. The summed E-state index contributed by atoms with van der Waals surface area (Å²) in [5.41, 5.74) is -0.577. The van der Waals surface area contributed by atoms with Gasteiger partial charge in [-0.2, -0.15) is 4.31 Å². The van der Waals surface area contributed by atoms with Crippen molar-refractivity contribution in [3.8, 4) is 5.75 Å². The van der Waals surface area contributed by atoms with E-state index in [2.05, 4.69) is 10.0 Å². The molecule has 1 aliphatic heterocycles. The minimum Gasteiger partial charge on any atom is -0.506 e. The number of hydrogen-bond acceptors (Lipinski definition) is 9. The van der Waals surface area contributed by atoms with E-state index in [0.717, 1.165) is 30.3 Å². The van der Waals surface area contributed by atoms with Crippen molar-refractivity contribution in [2.24, 2.45) is 0 Å². The number of sulfonamides is 2. The number of halogens is 1. The van der Waals surface area contributed by atoms with Crippen molar-refractivity contribution < 1.29 is 36.4 Å². The van der Waals surface area contributed by atoms with Crippen LogP contribution in [0.5, 0.6) is 5.75 Å². The average Bonchev–Trinajstić information content (AvgIpc) is 2.90. The summed E-state index contributed by atoms with van der Waals surface area (Å²) in [6, 6.07) is 11.7. The van der Waals surface area contributed by atoms with Gasteiger partial charge in [-0.3, -0.25) is 19.6 Å². The third kappa shape index (κ3) is 6.29. The Hall–Kier alpha value is -3.76. The standard InChI is InChI=1S/C23H21ClN4O9S2/c24-19-7-5-17(14-21(19)28(31)32)38(33,34)26-16-3-1-15(2-4-16)23(30)25-20-13-18(6-8-22(20)29)39(35,36)27-9-11-37-12-10-27/h1-8,13-14,26,29H,9-12H2,(H,25,30). The first-order valence-electron chi connectivity index (χ1n) is 11.2. The summed E-state index contributed by atoms with van der Waals surface area (Å²) in [5, 5.41) is 23.5. The van der Waals surface area contributed by atoms with Gasteiger partial charge in [0.25, 0.3) is 21.6 Å². The first kappa shape index (κ1) is 28.3. The van der Waals surface area contributed by atoms with Gasteiger partial charge in [-0.15, -0.1) is 0 Å². The van der Waals surface area contributed by atoms with Gasteiger partial charge in [0.2, 0.25) is 10.0 Å². The normalized spacial score (nSPS) is 14.5. The van der Waals surface area contributed by atoms with Gasteiger partial charge in [0.05, 0.1) is 33.6 Å². The van der Waals surface area contributed by atoms with Gasteiger partial charge >= 0.3 is 0 Å². The van der Waals surface area contributed by atoms with Crippen LogP contribution < -0.4 is 10.0 Å². The molecule has 0 bridgehead atoms. The number of morpholine rings is 1. The van der Waals surface area contributed by atoms with Crippen LogP contribution in [0.25, 0.3) is 0 Å². The van der Waals surface area contributed by atoms with E-state index in [1.807, 2.05) is 0 Å². The van der Waals surface area contributed by atoms with Crippen LogP contribution in [-0.4, -0.2) is 63.4 Å². The maximum Gasteiger partial charge on any atom is 0.289 e. The largest absolute Gasteiger partial charge is 0.506 e. The number of aromatic hydroxyl groups is 1. The second kappa shape index (κ2) is 11.2. The molecule has 16 heteroatoms. The van der Waals surface area contributed by atoms with E-state index in [0.29, 0.717) is 0 Å². The van der Waals surface area contributed by atoms with E-state index in [1.165, 1.54) is 34.6 Å². The van der Waals surface area contributed by atoms with E-state index < -0.39 is 36.6 Å². The number of nitro groups is 1. The van der Waals surface area contributed by atoms with Gasteiger partial charge in [-0.05, 0) is 54.6 Å². The number of rotatable bonds is 8. The van der Waals surface area contributed by atoms with Gasteiger partial charge in [0.1, 0.15) is 10.8 Å². The molecule has 1 fully saturated rings. The number of nitro benzene ring substituents is 1. The third-order valence-electron chi connectivity index (χ3n) is 5.65. The highest BCUT2D eigenvalue weighted by atomic mass is 35.5. The molecule has 1 aliphatic rings. The molecule has 39 heavy (non-hydrogen) atoms. The molecule has 1 amide bonds. The van der Waals surface area contributed by atoms with Crippen molar-refractivity contribution in [1.82, 2.24) is 4.31 Å². The van der Waals surface area contributed by atoms with Crippen LogP contribution in [0.15, 0.2) is 70.5 Å². The van der Waals surface area contributed by atoms with E-state index in [9.17, 15) is 36.9 Å². The van der Waals surface area contributed by atoms with Gasteiger partial charge in [0, 0.05) is 30.4 Å². The molecule has 3 aromatic rings. The number of nitrogens with zero attached hydrogens (tertiary/aromatic N) is 2. The van der Waals surface area contributed by atoms with Crippen LogP contribution in [-0.2, 0) is 24.8 Å². The number of carbonyl (C=O) groups excluding carboxylic acids is 1. The van der Waals surface area contributed by atoms with E-state index in [-0.39, 0.29) is 63.8 Å². The fourth-order valence-corrected chi connectivity index (χ4v) is 6.31. The number of phenols is 1. The lowest BCUT2D eigenvalue weighted by Gasteiger charge is -2.26. The van der Waals surface area contributed by atoms with Crippen molar-refractivity contribution in [2.75, 3.05) is 36.3 Å². The predicted molar refractivity (Wildman–Crippen MR) is 141 cm³/mol. The first-order valence-corrected chi connectivity index (χ1v) is 14.5. The van der Waals surface area contributed by atoms with E-state index >= 15 is 0 Å². The molecular formula is C23H21ClN4O9S2. The SMILES string of the molecule is O=C(Nc1cc(S(=O)(=O)N2CCOCC2)ccc1O)c1ccc(NS(=O)(=O)c2ccc(Cl)c([N+](=O)[O-])c2)cc1. The molecule has 3 N–H and O–H groups in total. The Morgan fingerprint density at radius 2 is 1.62 bits per heavy atom. The molecule has 0 unspecified atom stereocenters. The number of benzene rings is 3. The zero-order chi connectivity index (χ0) is 28.4. The Balaban J connectivity index is 1.49. The molecular weight excluding hydrogens is 576 g/mol. The molecule has 13 nitrogen and oxygen atoms in total. The Labute approximate surface area is 228 Å². The summed E-state index contributed by atoms with van der Waals surface area (Å²) in [6.45, 7) is 0.866. The summed E-state index contributed by atoms with van der Waals surface area (Å²) in [6.07, 6.45) is 0. The Morgan fingerprint density at radius 3 is 2.26 bits per heavy atom. The van der Waals surface area contributed by atoms with Crippen LogP contribution in [0.3, 0.4) is 0 Å². The van der Waals surface area contributed by atoms with Crippen molar-refractivity contribution in [1.29, 1.82) is 0 Å². The maximum atomic E-state index is 12.9. The van der Waals surface area contributed by atoms with Crippen LogP contribution in [0.2, 0.25) is 5.02 Å². The fourth-order valence-electron chi connectivity index (χ4n) is 3.61.